The Labute approximate surface area is 220 Å². The van der Waals surface area contributed by atoms with E-state index in [-0.39, 0.29) is 6.04 Å². The first-order valence-corrected chi connectivity index (χ1v) is 13.2. The highest BCUT2D eigenvalue weighted by Gasteiger charge is 2.36. The minimum Gasteiger partial charge on any atom is -0.465 e. The van der Waals surface area contributed by atoms with Gasteiger partial charge in [0.1, 0.15) is 11.3 Å². The molecule has 2 aliphatic heterocycles. The van der Waals surface area contributed by atoms with Crippen LogP contribution < -0.4 is 10.2 Å². The number of carbonyl (C=O) groups is 1. The molecule has 2 aromatic heterocycles. The number of anilines is 1. The molecule has 0 bridgehead atoms. The first kappa shape index (κ1) is 25.0. The number of aryl methyl sites for hydroxylation is 1. The summed E-state index contributed by atoms with van der Waals surface area (Å²) in [6, 6.07) is 5.40. The topological polar surface area (TPSA) is 99.4 Å². The minimum atomic E-state index is -0.960. The molecule has 4 heterocycles. The van der Waals surface area contributed by atoms with Crippen molar-refractivity contribution >= 4 is 46.3 Å². The summed E-state index contributed by atoms with van der Waals surface area (Å²) in [6.07, 6.45) is 3.27. The quantitative estimate of drug-likeness (QED) is 0.463. The summed E-state index contributed by atoms with van der Waals surface area (Å²) in [7, 11) is 0. The van der Waals surface area contributed by atoms with Crippen LogP contribution in [0.15, 0.2) is 24.4 Å². The number of likely N-dealkylation sites (tertiary alicyclic amines) is 1. The number of halogens is 2. The van der Waals surface area contributed by atoms with Gasteiger partial charge in [0.05, 0.1) is 17.9 Å². The highest BCUT2D eigenvalue weighted by atomic mass is 35.5. The maximum Gasteiger partial charge on any atom is 0.404 e. The van der Waals surface area contributed by atoms with Crippen molar-refractivity contribution in [2.24, 2.45) is 11.8 Å². The Morgan fingerprint density at radius 2 is 2.06 bits per heavy atom. The number of piperidine rings is 1. The number of fused-ring (bicyclic) bond motifs is 1. The van der Waals surface area contributed by atoms with E-state index in [9.17, 15) is 4.79 Å². The van der Waals surface area contributed by atoms with Crippen molar-refractivity contribution in [3.63, 3.8) is 0 Å². The minimum absolute atomic E-state index is 0.122. The molecule has 36 heavy (non-hydrogen) atoms. The van der Waals surface area contributed by atoms with Crippen LogP contribution in [0.3, 0.4) is 0 Å². The van der Waals surface area contributed by atoms with Gasteiger partial charge in [-0.3, -0.25) is 0 Å². The molecule has 192 valence electrons. The molecular formula is C25H31Cl2N7O2. The third kappa shape index (κ3) is 5.10. The standard InChI is InChI=1S/C25H31Cl2N7O2/c1-15-23-24(34(31-15)16(2)20-6-5-19(26)10-21(20)27)30-22(11-29-23)33-13-18(14-33)17-4-3-8-32(12-17)9-7-28-25(35)36/h5-6,10-11,16-18,28H,3-4,7-9,12-14H2,1-2H3,(H,35,36)/t16-,17+/m1/s1. The highest BCUT2D eigenvalue weighted by Crippen LogP contribution is 2.35. The fraction of sp³-hybridized carbons (Fsp3) is 0.520. The third-order valence-corrected chi connectivity index (χ3v) is 8.05. The van der Waals surface area contributed by atoms with Crippen molar-refractivity contribution in [3.05, 3.63) is 45.7 Å². The van der Waals surface area contributed by atoms with Gasteiger partial charge in [0, 0.05) is 42.8 Å². The van der Waals surface area contributed by atoms with E-state index in [1.165, 1.54) is 6.42 Å². The van der Waals surface area contributed by atoms with Gasteiger partial charge in [-0.15, -0.1) is 0 Å². The summed E-state index contributed by atoms with van der Waals surface area (Å²) in [5.74, 6) is 2.10. The van der Waals surface area contributed by atoms with E-state index in [4.69, 9.17) is 43.4 Å². The van der Waals surface area contributed by atoms with E-state index >= 15 is 0 Å². The predicted molar refractivity (Wildman–Crippen MR) is 141 cm³/mol. The molecular weight excluding hydrogens is 501 g/mol. The van der Waals surface area contributed by atoms with Gasteiger partial charge in [0.2, 0.25) is 0 Å². The molecule has 1 amide bonds. The van der Waals surface area contributed by atoms with Gasteiger partial charge in [0.25, 0.3) is 0 Å². The smallest absolute Gasteiger partial charge is 0.404 e. The zero-order valence-corrected chi connectivity index (χ0v) is 22.0. The molecule has 3 aromatic rings. The lowest BCUT2D eigenvalue weighted by atomic mass is 9.80. The Hall–Kier alpha value is -2.62. The van der Waals surface area contributed by atoms with E-state index in [1.807, 2.05) is 29.9 Å². The zero-order chi connectivity index (χ0) is 25.4. The van der Waals surface area contributed by atoms with Gasteiger partial charge in [0.15, 0.2) is 5.65 Å². The average Bonchev–Trinajstić information content (AvgIpc) is 3.14. The van der Waals surface area contributed by atoms with E-state index in [1.54, 1.807) is 6.07 Å². The van der Waals surface area contributed by atoms with E-state index in [0.29, 0.717) is 28.4 Å². The summed E-state index contributed by atoms with van der Waals surface area (Å²) in [6.45, 7) is 9.21. The molecule has 2 aliphatic rings. The fourth-order valence-corrected chi connectivity index (χ4v) is 6.00. The second-order valence-corrected chi connectivity index (χ2v) is 10.7. The lowest BCUT2D eigenvalue weighted by molar-refractivity contribution is 0.119. The first-order valence-electron chi connectivity index (χ1n) is 12.4. The number of nitrogens with one attached hydrogen (secondary N) is 1. The SMILES string of the molecule is Cc1nn([C@H](C)c2ccc(Cl)cc2Cl)c2nc(N3CC([C@H]4CCCN(CCNC(=O)O)C4)C3)cnc12. The molecule has 2 N–H and O–H groups in total. The Morgan fingerprint density at radius 1 is 1.25 bits per heavy atom. The monoisotopic (exact) mass is 531 g/mol. The van der Waals surface area contributed by atoms with Crippen molar-refractivity contribution in [2.75, 3.05) is 44.2 Å². The predicted octanol–water partition coefficient (Wildman–Crippen LogP) is 4.47. The molecule has 0 unspecified atom stereocenters. The van der Waals surface area contributed by atoms with Crippen molar-refractivity contribution in [1.29, 1.82) is 0 Å². The van der Waals surface area contributed by atoms with Crippen LogP contribution in [0.2, 0.25) is 10.0 Å². The Balaban J connectivity index is 1.27. The van der Waals surface area contributed by atoms with Crippen LogP contribution in [0, 0.1) is 18.8 Å². The average molecular weight is 532 g/mol. The van der Waals surface area contributed by atoms with Crippen LogP contribution in [-0.2, 0) is 0 Å². The maximum atomic E-state index is 10.7. The van der Waals surface area contributed by atoms with Gasteiger partial charge in [-0.1, -0.05) is 29.3 Å². The number of hydrogen-bond donors (Lipinski definition) is 2. The van der Waals surface area contributed by atoms with Crippen molar-refractivity contribution in [1.82, 2.24) is 30.0 Å². The second kappa shape index (κ2) is 10.4. The van der Waals surface area contributed by atoms with Crippen molar-refractivity contribution < 1.29 is 9.90 Å². The van der Waals surface area contributed by atoms with Crippen LogP contribution >= 0.6 is 23.2 Å². The van der Waals surface area contributed by atoms with Gasteiger partial charge in [-0.05, 0) is 62.8 Å². The number of nitrogens with zero attached hydrogens (tertiary/aromatic N) is 6. The normalized spacial score (nSPS) is 19.9. The highest BCUT2D eigenvalue weighted by molar-refractivity contribution is 6.35. The molecule has 0 aliphatic carbocycles. The number of amides is 1. The Kier molecular flexibility index (Phi) is 7.23. The zero-order valence-electron chi connectivity index (χ0n) is 20.5. The van der Waals surface area contributed by atoms with Crippen LogP contribution in [0.1, 0.15) is 37.1 Å². The van der Waals surface area contributed by atoms with Crippen molar-refractivity contribution in [3.8, 4) is 0 Å². The number of rotatable bonds is 7. The second-order valence-electron chi connectivity index (χ2n) is 9.87. The molecule has 1 aromatic carbocycles. The van der Waals surface area contributed by atoms with E-state index in [2.05, 4.69) is 22.0 Å². The largest absolute Gasteiger partial charge is 0.465 e. The molecule has 11 heteroatoms. The Bertz CT molecular complexity index is 1260. The number of benzene rings is 1. The summed E-state index contributed by atoms with van der Waals surface area (Å²) >= 11 is 12.6. The maximum absolute atomic E-state index is 10.7. The van der Waals surface area contributed by atoms with Gasteiger partial charge in [-0.2, -0.15) is 5.10 Å². The van der Waals surface area contributed by atoms with Gasteiger partial charge >= 0.3 is 6.09 Å². The van der Waals surface area contributed by atoms with Gasteiger partial charge < -0.3 is 20.2 Å². The summed E-state index contributed by atoms with van der Waals surface area (Å²) in [5, 5.41) is 17.2. The molecule has 9 nitrogen and oxygen atoms in total. The molecule has 0 radical (unpaired) electrons. The number of hydrogen-bond acceptors (Lipinski definition) is 6. The first-order chi connectivity index (χ1) is 17.3. The summed E-state index contributed by atoms with van der Waals surface area (Å²) in [4.78, 5) is 25.1. The van der Waals surface area contributed by atoms with E-state index in [0.717, 1.165) is 67.4 Å². The molecule has 2 saturated heterocycles. The summed E-state index contributed by atoms with van der Waals surface area (Å²) in [5.41, 5.74) is 3.32. The van der Waals surface area contributed by atoms with E-state index < -0.39 is 6.09 Å². The van der Waals surface area contributed by atoms with Crippen LogP contribution in [0.4, 0.5) is 10.6 Å². The van der Waals surface area contributed by atoms with Crippen LogP contribution in [0.5, 0.6) is 0 Å². The third-order valence-electron chi connectivity index (χ3n) is 7.48. The summed E-state index contributed by atoms with van der Waals surface area (Å²) < 4.78 is 1.90. The fourth-order valence-electron chi connectivity index (χ4n) is 5.43. The molecule has 2 atom stereocenters. The lowest BCUT2D eigenvalue weighted by Crippen LogP contribution is -2.54. The molecule has 0 saturated carbocycles. The van der Waals surface area contributed by atoms with Crippen LogP contribution in [-0.4, -0.2) is 75.1 Å². The lowest BCUT2D eigenvalue weighted by Gasteiger charge is -2.47. The number of aromatic nitrogens is 4. The Morgan fingerprint density at radius 3 is 2.81 bits per heavy atom. The molecule has 0 spiro atoms. The molecule has 2 fully saturated rings. The van der Waals surface area contributed by atoms with Crippen LogP contribution in [0.25, 0.3) is 11.2 Å². The molecule has 5 rings (SSSR count). The number of carboxylic acid groups (broad SMARTS) is 1. The van der Waals surface area contributed by atoms with Gasteiger partial charge in [-0.25, -0.2) is 19.4 Å². The van der Waals surface area contributed by atoms with Crippen molar-refractivity contribution in [2.45, 2.75) is 32.7 Å².